The Labute approximate surface area is 102 Å². The van der Waals surface area contributed by atoms with Crippen LogP contribution in [0.15, 0.2) is 22.7 Å². The van der Waals surface area contributed by atoms with Gasteiger partial charge in [-0.2, -0.15) is 0 Å². The van der Waals surface area contributed by atoms with E-state index in [4.69, 9.17) is 18.0 Å². The van der Waals surface area contributed by atoms with E-state index in [0.717, 1.165) is 10.7 Å². The molecule has 4 nitrogen and oxygen atoms in total. The van der Waals surface area contributed by atoms with Crippen LogP contribution in [-0.4, -0.2) is 19.7 Å². The zero-order chi connectivity index (χ0) is 11.6. The molecule has 0 atom stereocenters. The van der Waals surface area contributed by atoms with Gasteiger partial charge in [0.05, 0.1) is 11.9 Å². The molecule has 0 fully saturated rings. The summed E-state index contributed by atoms with van der Waals surface area (Å²) >= 11 is 8.04. The topological polar surface area (TPSA) is 72.2 Å². The van der Waals surface area contributed by atoms with Gasteiger partial charge >= 0.3 is 0 Å². The highest BCUT2D eigenvalue weighted by Gasteiger charge is 2.09. The summed E-state index contributed by atoms with van der Waals surface area (Å²) in [4.78, 5) is 0.147. The normalized spacial score (nSPS) is 11.1. The lowest BCUT2D eigenvalue weighted by Gasteiger charge is -2.09. The molecule has 0 spiro atoms. The second-order valence-corrected chi connectivity index (χ2v) is 6.03. The van der Waals surface area contributed by atoms with Crippen LogP contribution >= 0.6 is 28.1 Å². The molecule has 0 heterocycles. The van der Waals surface area contributed by atoms with Gasteiger partial charge in [0, 0.05) is 10.0 Å². The monoisotopic (exact) mass is 308 g/mol. The molecule has 0 bridgehead atoms. The molecular formula is C8H9BrN2O2S2. The highest BCUT2D eigenvalue weighted by molar-refractivity contribution is 9.10. The van der Waals surface area contributed by atoms with Crippen molar-refractivity contribution in [3.8, 4) is 0 Å². The molecule has 3 N–H and O–H groups in total. The third-order valence-corrected chi connectivity index (χ3v) is 2.85. The van der Waals surface area contributed by atoms with E-state index in [1.54, 1.807) is 18.2 Å². The van der Waals surface area contributed by atoms with Crippen LogP contribution in [0.3, 0.4) is 0 Å². The third kappa shape index (κ3) is 3.77. The molecule has 0 amide bonds. The lowest BCUT2D eigenvalue weighted by Crippen LogP contribution is -2.16. The van der Waals surface area contributed by atoms with Gasteiger partial charge in [-0.3, -0.25) is 4.72 Å². The Morgan fingerprint density at radius 3 is 2.60 bits per heavy atom. The maximum Gasteiger partial charge on any atom is 0.229 e. The molecule has 1 aromatic carbocycles. The number of thiocarbonyl (C=S) groups is 1. The molecule has 7 heteroatoms. The molecule has 0 aromatic heterocycles. The molecule has 0 radical (unpaired) electrons. The van der Waals surface area contributed by atoms with E-state index in [2.05, 4.69) is 20.7 Å². The van der Waals surface area contributed by atoms with Crippen LogP contribution < -0.4 is 10.5 Å². The average molecular weight is 309 g/mol. The highest BCUT2D eigenvalue weighted by atomic mass is 79.9. The Bertz CT molecular complexity index is 499. The Kier molecular flexibility index (Phi) is 3.69. The maximum atomic E-state index is 11.1. The Morgan fingerprint density at radius 1 is 1.53 bits per heavy atom. The molecule has 0 aliphatic heterocycles. The van der Waals surface area contributed by atoms with E-state index < -0.39 is 10.0 Å². The molecular weight excluding hydrogens is 300 g/mol. The van der Waals surface area contributed by atoms with Crippen LogP contribution in [0.5, 0.6) is 0 Å². The lowest BCUT2D eigenvalue weighted by molar-refractivity contribution is 0.607. The summed E-state index contributed by atoms with van der Waals surface area (Å²) in [5, 5.41) is 0. The van der Waals surface area contributed by atoms with Gasteiger partial charge < -0.3 is 5.73 Å². The van der Waals surface area contributed by atoms with Gasteiger partial charge in [-0.15, -0.1) is 0 Å². The van der Waals surface area contributed by atoms with Crippen molar-refractivity contribution in [3.63, 3.8) is 0 Å². The zero-order valence-corrected chi connectivity index (χ0v) is 11.0. The SMILES string of the molecule is CS(=O)(=O)Nc1cc(Br)ccc1C(N)=S. The largest absolute Gasteiger partial charge is 0.389 e. The van der Waals surface area contributed by atoms with Gasteiger partial charge in [0.1, 0.15) is 4.99 Å². The number of nitrogens with two attached hydrogens (primary N) is 1. The highest BCUT2D eigenvalue weighted by Crippen LogP contribution is 2.22. The number of anilines is 1. The minimum Gasteiger partial charge on any atom is -0.389 e. The third-order valence-electron chi connectivity index (χ3n) is 1.54. The molecule has 1 rings (SSSR count). The summed E-state index contributed by atoms with van der Waals surface area (Å²) in [7, 11) is -3.34. The predicted molar refractivity (Wildman–Crippen MR) is 68.5 cm³/mol. The molecule has 0 saturated carbocycles. The molecule has 0 unspecified atom stereocenters. The number of hydrogen-bond acceptors (Lipinski definition) is 3. The van der Waals surface area contributed by atoms with Crippen molar-refractivity contribution in [2.45, 2.75) is 0 Å². The summed E-state index contributed by atoms with van der Waals surface area (Å²) in [6, 6.07) is 5.00. The summed E-state index contributed by atoms with van der Waals surface area (Å²) in [5.74, 6) is 0. The zero-order valence-electron chi connectivity index (χ0n) is 7.82. The smallest absolute Gasteiger partial charge is 0.229 e. The van der Waals surface area contributed by atoms with Crippen molar-refractivity contribution in [1.82, 2.24) is 0 Å². The van der Waals surface area contributed by atoms with Gasteiger partial charge in [0.2, 0.25) is 10.0 Å². The molecule has 0 aliphatic rings. The number of sulfonamides is 1. The second kappa shape index (κ2) is 4.46. The van der Waals surface area contributed by atoms with E-state index >= 15 is 0 Å². The van der Waals surface area contributed by atoms with Crippen LogP contribution in [0.4, 0.5) is 5.69 Å². The first-order valence-corrected chi connectivity index (χ1v) is 6.96. The summed E-state index contributed by atoms with van der Waals surface area (Å²) < 4.78 is 25.2. The predicted octanol–water partition coefficient (Wildman–Crippen LogP) is 1.45. The van der Waals surface area contributed by atoms with Crippen molar-refractivity contribution < 1.29 is 8.42 Å². The molecule has 82 valence electrons. The van der Waals surface area contributed by atoms with Gasteiger partial charge in [0.25, 0.3) is 0 Å². The number of benzene rings is 1. The van der Waals surface area contributed by atoms with Crippen molar-refractivity contribution >= 4 is 48.8 Å². The molecule has 15 heavy (non-hydrogen) atoms. The Balaban J connectivity index is 3.25. The molecule has 1 aromatic rings. The second-order valence-electron chi connectivity index (χ2n) is 2.93. The van der Waals surface area contributed by atoms with E-state index in [-0.39, 0.29) is 4.99 Å². The Hall–Kier alpha value is -0.660. The minimum atomic E-state index is -3.34. The van der Waals surface area contributed by atoms with Crippen LogP contribution in [0.1, 0.15) is 5.56 Å². The van der Waals surface area contributed by atoms with Gasteiger partial charge in [-0.1, -0.05) is 28.1 Å². The first-order chi connectivity index (χ1) is 6.79. The van der Waals surface area contributed by atoms with Crippen LogP contribution in [0.2, 0.25) is 0 Å². The molecule has 0 saturated heterocycles. The van der Waals surface area contributed by atoms with Crippen molar-refractivity contribution in [3.05, 3.63) is 28.2 Å². The lowest BCUT2D eigenvalue weighted by atomic mass is 10.2. The van der Waals surface area contributed by atoms with Gasteiger partial charge in [-0.05, 0) is 18.2 Å². The minimum absolute atomic E-state index is 0.147. The van der Waals surface area contributed by atoms with Gasteiger partial charge in [0.15, 0.2) is 0 Å². The number of rotatable bonds is 3. The van der Waals surface area contributed by atoms with E-state index in [0.29, 0.717) is 11.3 Å². The first-order valence-electron chi connectivity index (χ1n) is 3.87. The van der Waals surface area contributed by atoms with Crippen molar-refractivity contribution in [1.29, 1.82) is 0 Å². The standard InChI is InChI=1S/C8H9BrN2O2S2/c1-15(12,13)11-7-4-5(9)2-3-6(7)8(10)14/h2-4,11H,1H3,(H2,10,14). The van der Waals surface area contributed by atoms with E-state index in [1.807, 2.05) is 0 Å². The van der Waals surface area contributed by atoms with Crippen LogP contribution in [-0.2, 0) is 10.0 Å². The van der Waals surface area contributed by atoms with Crippen molar-refractivity contribution in [2.24, 2.45) is 5.73 Å². The first kappa shape index (κ1) is 12.4. The summed E-state index contributed by atoms with van der Waals surface area (Å²) in [6.45, 7) is 0. The van der Waals surface area contributed by atoms with Crippen LogP contribution in [0.25, 0.3) is 0 Å². The summed E-state index contributed by atoms with van der Waals surface area (Å²) in [6.07, 6.45) is 1.07. The van der Waals surface area contributed by atoms with Crippen molar-refractivity contribution in [2.75, 3.05) is 11.0 Å². The van der Waals surface area contributed by atoms with Gasteiger partial charge in [-0.25, -0.2) is 8.42 Å². The van der Waals surface area contributed by atoms with E-state index in [1.165, 1.54) is 0 Å². The van der Waals surface area contributed by atoms with Crippen LogP contribution in [0, 0.1) is 0 Å². The van der Waals surface area contributed by atoms with E-state index in [9.17, 15) is 8.42 Å². The fourth-order valence-electron chi connectivity index (χ4n) is 1.02. The molecule has 0 aliphatic carbocycles. The maximum absolute atomic E-state index is 11.1. The fraction of sp³-hybridized carbons (Fsp3) is 0.125. The number of hydrogen-bond donors (Lipinski definition) is 2. The average Bonchev–Trinajstić information content (AvgIpc) is 1.99. The number of halogens is 1. The Morgan fingerprint density at radius 2 is 2.13 bits per heavy atom. The quantitative estimate of drug-likeness (QED) is 0.829. The summed E-state index contributed by atoms with van der Waals surface area (Å²) in [5.41, 5.74) is 6.34. The fourth-order valence-corrected chi connectivity index (χ4v) is 2.12. The number of nitrogens with one attached hydrogen (secondary N) is 1.